The number of nitrogens with zero attached hydrogens (tertiary/aromatic N) is 2. The molecule has 4 atom stereocenters. The number of amides is 1. The van der Waals surface area contributed by atoms with Gasteiger partial charge in [-0.25, -0.2) is 0 Å². The minimum Gasteiger partial charge on any atom is -0.396 e. The molecular formula is C41H85N2O3P. The predicted molar refractivity (Wildman–Crippen MR) is 210 cm³/mol. The van der Waals surface area contributed by atoms with Gasteiger partial charge in [0.25, 0.3) is 0 Å². The van der Waals surface area contributed by atoms with Crippen molar-refractivity contribution in [2.45, 2.75) is 200 Å². The fourth-order valence-corrected chi connectivity index (χ4v) is 8.77. The molecular weight excluding hydrogens is 599 g/mol. The second kappa shape index (κ2) is 34.1. The summed E-state index contributed by atoms with van der Waals surface area (Å²) in [5.41, 5.74) is -0.297. The molecule has 0 aliphatic heterocycles. The maximum absolute atomic E-state index is 13.9. The van der Waals surface area contributed by atoms with Crippen LogP contribution in [0, 0.1) is 11.8 Å². The fourth-order valence-electron chi connectivity index (χ4n) is 7.06. The highest BCUT2D eigenvalue weighted by molar-refractivity contribution is 7.45. The number of rotatable bonds is 36. The molecule has 0 aliphatic rings. The van der Waals surface area contributed by atoms with E-state index in [2.05, 4.69) is 37.5 Å². The van der Waals surface area contributed by atoms with Gasteiger partial charge in [-0.2, -0.15) is 0 Å². The van der Waals surface area contributed by atoms with Crippen molar-refractivity contribution < 1.29 is 14.5 Å². The van der Waals surface area contributed by atoms with Gasteiger partial charge in [0.05, 0.1) is 20.1 Å². The Morgan fingerprint density at radius 3 is 1.49 bits per heavy atom. The Labute approximate surface area is 296 Å². The zero-order chi connectivity index (χ0) is 35.0. The number of carbonyl (C=O) groups excluding carboxylic acids is 1. The monoisotopic (exact) mass is 685 g/mol. The Hall–Kier alpha value is -0.380. The third kappa shape index (κ3) is 28.1. The molecule has 0 spiro atoms. The van der Waals surface area contributed by atoms with Crippen LogP contribution < -0.4 is 0 Å². The van der Waals surface area contributed by atoms with Gasteiger partial charge >= 0.3 is 0 Å². The maximum atomic E-state index is 13.9. The van der Waals surface area contributed by atoms with Gasteiger partial charge < -0.3 is 19.5 Å². The average molecular weight is 685 g/mol. The molecule has 0 aromatic carbocycles. The predicted octanol–water partition coefficient (Wildman–Crippen LogP) is 11.8. The van der Waals surface area contributed by atoms with Crippen LogP contribution in [0.15, 0.2) is 0 Å². The van der Waals surface area contributed by atoms with E-state index in [1.54, 1.807) is 0 Å². The van der Waals surface area contributed by atoms with E-state index in [0.29, 0.717) is 25.0 Å². The summed E-state index contributed by atoms with van der Waals surface area (Å²) in [6.07, 6.45) is 33.2. The third-order valence-electron chi connectivity index (χ3n) is 10.4. The number of aliphatic hydroxyl groups excluding tert-OH is 1. The summed E-state index contributed by atoms with van der Waals surface area (Å²) in [5.74, 6) is 1.54. The molecule has 0 saturated carbocycles. The first kappa shape index (κ1) is 46.6. The molecule has 6 heteroatoms. The first-order valence-electron chi connectivity index (χ1n) is 20.9. The molecule has 0 aliphatic carbocycles. The molecule has 47 heavy (non-hydrogen) atoms. The van der Waals surface area contributed by atoms with Crippen molar-refractivity contribution in [3.8, 4) is 0 Å². The largest absolute Gasteiger partial charge is 0.396 e. The van der Waals surface area contributed by atoms with Crippen LogP contribution in [0.5, 0.6) is 0 Å². The van der Waals surface area contributed by atoms with Gasteiger partial charge in [0.15, 0.2) is 0 Å². The molecule has 0 saturated heterocycles. The van der Waals surface area contributed by atoms with E-state index in [0.717, 1.165) is 31.8 Å². The Morgan fingerprint density at radius 1 is 0.574 bits per heavy atom. The molecule has 0 heterocycles. The zero-order valence-corrected chi connectivity index (χ0v) is 33.8. The van der Waals surface area contributed by atoms with E-state index in [1.807, 2.05) is 14.1 Å². The van der Waals surface area contributed by atoms with Crippen LogP contribution >= 0.6 is 7.80 Å². The van der Waals surface area contributed by atoms with Gasteiger partial charge in [-0.1, -0.05) is 169 Å². The molecule has 0 bridgehead atoms. The van der Waals surface area contributed by atoms with Crippen molar-refractivity contribution in [2.24, 2.45) is 11.8 Å². The summed E-state index contributed by atoms with van der Waals surface area (Å²) in [5, 5.41) is 10.3. The van der Waals surface area contributed by atoms with Crippen LogP contribution in [-0.2, 0) is 9.36 Å². The minimum atomic E-state index is -1.99. The van der Waals surface area contributed by atoms with Gasteiger partial charge in [0.2, 0.25) is 5.91 Å². The molecule has 1 N–H and O–H groups in total. The van der Waals surface area contributed by atoms with E-state index >= 15 is 0 Å². The molecule has 282 valence electrons. The SMILES string of the molecule is CCCCCCCCC(CCCC)CCCCC(=O)N(CC(CCCCCC)CCCCCCCC)CC(CO)[PH](=O)CCN(C)C. The summed E-state index contributed by atoms with van der Waals surface area (Å²) in [6.45, 7) is 11.0. The summed E-state index contributed by atoms with van der Waals surface area (Å²) in [7, 11) is 2.02. The normalized spacial score (nSPS) is 14.4. The van der Waals surface area contributed by atoms with Crippen molar-refractivity contribution in [1.29, 1.82) is 0 Å². The van der Waals surface area contributed by atoms with Gasteiger partial charge in [0, 0.05) is 32.2 Å². The highest BCUT2D eigenvalue weighted by Gasteiger charge is 2.25. The van der Waals surface area contributed by atoms with E-state index < -0.39 is 7.80 Å². The Kier molecular flexibility index (Phi) is 33.8. The highest BCUT2D eigenvalue weighted by atomic mass is 31.1. The van der Waals surface area contributed by atoms with Crippen molar-refractivity contribution in [1.82, 2.24) is 9.80 Å². The van der Waals surface area contributed by atoms with Crippen LogP contribution in [-0.4, -0.2) is 73.0 Å². The van der Waals surface area contributed by atoms with E-state index in [1.165, 1.54) is 148 Å². The van der Waals surface area contributed by atoms with Crippen LogP contribution in [0.2, 0.25) is 0 Å². The lowest BCUT2D eigenvalue weighted by Gasteiger charge is -2.31. The number of hydrogen-bond acceptors (Lipinski definition) is 4. The lowest BCUT2D eigenvalue weighted by molar-refractivity contribution is -0.132. The molecule has 1 amide bonds. The first-order valence-corrected chi connectivity index (χ1v) is 22.6. The molecule has 4 unspecified atom stereocenters. The molecule has 5 nitrogen and oxygen atoms in total. The van der Waals surface area contributed by atoms with E-state index in [4.69, 9.17) is 0 Å². The molecule has 0 rings (SSSR count). The standard InChI is InChI=1S/C41H85N2O3P/c1-7-11-15-18-20-23-28-38(27-14-10-4)29-25-26-32-41(45)43(36-40(37-44)47(46)34-33-42(5)6)35-39(30-22-17-13-9-3)31-24-21-19-16-12-8-2/h38-40,44,47H,7-37H2,1-6H3. The van der Waals surface area contributed by atoms with Crippen molar-refractivity contribution in [3.63, 3.8) is 0 Å². The summed E-state index contributed by atoms with van der Waals surface area (Å²) in [6, 6.07) is 0. The summed E-state index contributed by atoms with van der Waals surface area (Å²) in [4.78, 5) is 18.0. The van der Waals surface area contributed by atoms with E-state index in [-0.39, 0.29) is 18.2 Å². The van der Waals surface area contributed by atoms with Crippen molar-refractivity contribution in [3.05, 3.63) is 0 Å². The molecule has 0 aromatic heterocycles. The van der Waals surface area contributed by atoms with Crippen molar-refractivity contribution in [2.75, 3.05) is 46.5 Å². The van der Waals surface area contributed by atoms with Crippen LogP contribution in [0.1, 0.15) is 195 Å². The zero-order valence-electron chi connectivity index (χ0n) is 32.8. The number of unbranched alkanes of at least 4 members (excludes halogenated alkanes) is 15. The third-order valence-corrected chi connectivity index (χ3v) is 12.4. The van der Waals surface area contributed by atoms with E-state index in [9.17, 15) is 14.5 Å². The van der Waals surface area contributed by atoms with Crippen LogP contribution in [0.4, 0.5) is 0 Å². The summed E-state index contributed by atoms with van der Waals surface area (Å²) >= 11 is 0. The smallest absolute Gasteiger partial charge is 0.222 e. The Balaban J connectivity index is 5.39. The second-order valence-electron chi connectivity index (χ2n) is 15.3. The number of carbonyl (C=O) groups is 1. The van der Waals surface area contributed by atoms with Gasteiger partial charge in [-0.05, 0) is 45.2 Å². The topological polar surface area (TPSA) is 60.9 Å². The Morgan fingerprint density at radius 2 is 1.00 bits per heavy atom. The highest BCUT2D eigenvalue weighted by Crippen LogP contribution is 2.30. The molecule has 0 radical (unpaired) electrons. The molecule has 0 fully saturated rings. The van der Waals surface area contributed by atoms with Gasteiger partial charge in [-0.3, -0.25) is 4.79 Å². The fraction of sp³-hybridized carbons (Fsp3) is 0.976. The number of aliphatic hydroxyl groups is 1. The van der Waals surface area contributed by atoms with Gasteiger partial charge in [-0.15, -0.1) is 0 Å². The van der Waals surface area contributed by atoms with Crippen LogP contribution in [0.25, 0.3) is 0 Å². The first-order chi connectivity index (χ1) is 22.8. The average Bonchev–Trinajstić information content (AvgIpc) is 3.06. The quantitative estimate of drug-likeness (QED) is 0.0527. The van der Waals surface area contributed by atoms with Crippen molar-refractivity contribution >= 4 is 13.7 Å². The lowest BCUT2D eigenvalue weighted by atomic mass is 9.90. The van der Waals surface area contributed by atoms with Gasteiger partial charge in [0.1, 0.15) is 0 Å². The Bertz CT molecular complexity index is 704. The second-order valence-corrected chi connectivity index (χ2v) is 17.5. The lowest BCUT2D eigenvalue weighted by Crippen LogP contribution is -2.41. The number of hydrogen-bond donors (Lipinski definition) is 1. The maximum Gasteiger partial charge on any atom is 0.222 e. The minimum absolute atomic E-state index is 0.0921. The summed E-state index contributed by atoms with van der Waals surface area (Å²) < 4.78 is 13.3. The molecule has 0 aromatic rings. The van der Waals surface area contributed by atoms with Crippen LogP contribution in [0.3, 0.4) is 0 Å².